The minimum Gasteiger partial charge on any atom is -0.329 e. The summed E-state index contributed by atoms with van der Waals surface area (Å²) in [5.74, 6) is 0.957. The van der Waals surface area contributed by atoms with E-state index in [1.165, 1.54) is 45.2 Å². The van der Waals surface area contributed by atoms with Gasteiger partial charge in [-0.1, -0.05) is 0 Å². The summed E-state index contributed by atoms with van der Waals surface area (Å²) in [6.07, 6.45) is 7.31. The van der Waals surface area contributed by atoms with Gasteiger partial charge >= 0.3 is 0 Å². The molecule has 1 atom stereocenters. The monoisotopic (exact) mass is 180 g/mol. The minimum atomic E-state index is 0.736. The zero-order valence-corrected chi connectivity index (χ0v) is 8.34. The van der Waals surface area contributed by atoms with E-state index in [1.807, 2.05) is 0 Å². The van der Waals surface area contributed by atoms with Gasteiger partial charge in [0.15, 0.2) is 0 Å². The summed E-state index contributed by atoms with van der Waals surface area (Å²) in [5, 5.41) is 0. The Labute approximate surface area is 80.5 Å². The highest BCUT2D eigenvalue weighted by molar-refractivity contribution is 5.03. The molecule has 13 heavy (non-hydrogen) atoms. The van der Waals surface area contributed by atoms with Gasteiger partial charge in [-0.05, 0) is 50.0 Å². The summed E-state index contributed by atoms with van der Waals surface area (Å²) in [7, 11) is 0. The predicted octanol–water partition coefficient (Wildman–Crippen LogP) is 1.21. The normalized spacial score (nSPS) is 33.9. The van der Waals surface area contributed by atoms with Crippen LogP contribution in [0, 0.1) is 11.3 Å². The number of nitrogens with two attached hydrogens (primary N) is 1. The molecule has 0 aromatic rings. The second kappa shape index (κ2) is 2.71. The van der Waals surface area contributed by atoms with Gasteiger partial charge in [0.2, 0.25) is 0 Å². The Morgan fingerprint density at radius 2 is 2.08 bits per heavy atom. The minimum absolute atomic E-state index is 0.736. The quantitative estimate of drug-likeness (QED) is 0.707. The first-order valence-electron chi connectivity index (χ1n) is 5.77. The molecule has 0 aromatic carbocycles. The molecule has 3 rings (SSSR count). The van der Waals surface area contributed by atoms with Crippen LogP contribution in [0.2, 0.25) is 0 Å². The van der Waals surface area contributed by atoms with E-state index >= 15 is 0 Å². The maximum absolute atomic E-state index is 5.86. The molecule has 2 nitrogen and oxygen atoms in total. The lowest BCUT2D eigenvalue weighted by atomic mass is 10.1. The highest BCUT2D eigenvalue weighted by atomic mass is 15.2. The Morgan fingerprint density at radius 1 is 1.31 bits per heavy atom. The van der Waals surface area contributed by atoms with Gasteiger partial charge in [-0.25, -0.2) is 0 Å². The van der Waals surface area contributed by atoms with Crippen LogP contribution in [-0.4, -0.2) is 30.6 Å². The van der Waals surface area contributed by atoms with Crippen molar-refractivity contribution in [2.45, 2.75) is 38.1 Å². The fourth-order valence-electron chi connectivity index (χ4n) is 2.96. The van der Waals surface area contributed by atoms with Crippen molar-refractivity contribution >= 4 is 0 Å². The molecular formula is C11H20N2. The maximum Gasteiger partial charge on any atom is 0.0246 e. The average Bonchev–Trinajstić information content (AvgIpc) is 2.97. The molecule has 2 heteroatoms. The van der Waals surface area contributed by atoms with Crippen LogP contribution in [0.5, 0.6) is 0 Å². The molecule has 2 N–H and O–H groups in total. The SMILES string of the molecule is NCC(C1CC1)N1CCC2(CC2)C1. The molecule has 1 unspecified atom stereocenters. The lowest BCUT2D eigenvalue weighted by molar-refractivity contribution is 0.213. The third-order valence-electron chi connectivity index (χ3n) is 4.30. The molecular weight excluding hydrogens is 160 g/mol. The molecule has 0 bridgehead atoms. The zero-order valence-electron chi connectivity index (χ0n) is 8.34. The lowest BCUT2D eigenvalue weighted by Gasteiger charge is -2.26. The second-order valence-electron chi connectivity index (χ2n) is 5.36. The topological polar surface area (TPSA) is 29.3 Å². The summed E-state index contributed by atoms with van der Waals surface area (Å²) < 4.78 is 0. The Hall–Kier alpha value is -0.0800. The van der Waals surface area contributed by atoms with Crippen molar-refractivity contribution in [3.8, 4) is 0 Å². The van der Waals surface area contributed by atoms with Gasteiger partial charge in [-0.2, -0.15) is 0 Å². The summed E-state index contributed by atoms with van der Waals surface area (Å²) in [5.41, 5.74) is 6.64. The first-order valence-corrected chi connectivity index (χ1v) is 5.77. The van der Waals surface area contributed by atoms with Crippen molar-refractivity contribution in [3.63, 3.8) is 0 Å². The number of hydrogen-bond donors (Lipinski definition) is 1. The Morgan fingerprint density at radius 3 is 2.54 bits per heavy atom. The lowest BCUT2D eigenvalue weighted by Crippen LogP contribution is -2.40. The van der Waals surface area contributed by atoms with E-state index in [0.717, 1.165) is 23.9 Å². The van der Waals surface area contributed by atoms with Crippen LogP contribution in [0.1, 0.15) is 32.1 Å². The third-order valence-corrected chi connectivity index (χ3v) is 4.30. The van der Waals surface area contributed by atoms with Crippen molar-refractivity contribution in [1.29, 1.82) is 0 Å². The van der Waals surface area contributed by atoms with Crippen LogP contribution in [0.4, 0.5) is 0 Å². The van der Waals surface area contributed by atoms with E-state index in [1.54, 1.807) is 0 Å². The third kappa shape index (κ3) is 1.40. The molecule has 1 spiro atoms. The van der Waals surface area contributed by atoms with Gasteiger partial charge in [0, 0.05) is 19.1 Å². The Balaban J connectivity index is 1.63. The molecule has 0 amide bonds. The molecule has 1 heterocycles. The van der Waals surface area contributed by atoms with Crippen LogP contribution >= 0.6 is 0 Å². The van der Waals surface area contributed by atoms with Crippen molar-refractivity contribution < 1.29 is 0 Å². The van der Waals surface area contributed by atoms with Gasteiger partial charge in [0.05, 0.1) is 0 Å². The van der Waals surface area contributed by atoms with E-state index < -0.39 is 0 Å². The summed E-state index contributed by atoms with van der Waals surface area (Å²) in [6.45, 7) is 3.59. The molecule has 74 valence electrons. The number of likely N-dealkylation sites (tertiary alicyclic amines) is 1. The fraction of sp³-hybridized carbons (Fsp3) is 1.00. The molecule has 1 saturated heterocycles. The van der Waals surface area contributed by atoms with E-state index in [0.29, 0.717) is 0 Å². The maximum atomic E-state index is 5.86. The smallest absolute Gasteiger partial charge is 0.0246 e. The average molecular weight is 180 g/mol. The molecule has 3 fully saturated rings. The second-order valence-corrected chi connectivity index (χ2v) is 5.36. The zero-order chi connectivity index (χ0) is 8.89. The standard InChI is InChI=1S/C11H20N2/c12-7-10(9-1-2-9)13-6-5-11(8-13)3-4-11/h9-10H,1-8,12H2. The first-order chi connectivity index (χ1) is 6.33. The summed E-state index contributed by atoms with van der Waals surface area (Å²) in [4.78, 5) is 2.69. The summed E-state index contributed by atoms with van der Waals surface area (Å²) >= 11 is 0. The molecule has 0 aromatic heterocycles. The number of hydrogen-bond acceptors (Lipinski definition) is 2. The number of nitrogens with zero attached hydrogens (tertiary/aromatic N) is 1. The van der Waals surface area contributed by atoms with Gasteiger partial charge < -0.3 is 5.73 Å². The van der Waals surface area contributed by atoms with Crippen molar-refractivity contribution in [1.82, 2.24) is 4.90 Å². The van der Waals surface area contributed by atoms with Crippen LogP contribution in [0.3, 0.4) is 0 Å². The highest BCUT2D eigenvalue weighted by Gasteiger charge is 2.50. The highest BCUT2D eigenvalue weighted by Crippen LogP contribution is 2.53. The van der Waals surface area contributed by atoms with Crippen LogP contribution in [0.25, 0.3) is 0 Å². The molecule has 2 aliphatic carbocycles. The van der Waals surface area contributed by atoms with Gasteiger partial charge in [-0.3, -0.25) is 4.90 Å². The van der Waals surface area contributed by atoms with Crippen molar-refractivity contribution in [2.24, 2.45) is 17.1 Å². The van der Waals surface area contributed by atoms with Gasteiger partial charge in [-0.15, -0.1) is 0 Å². The predicted molar refractivity (Wildman–Crippen MR) is 53.4 cm³/mol. The largest absolute Gasteiger partial charge is 0.329 e. The molecule has 2 saturated carbocycles. The van der Waals surface area contributed by atoms with E-state index in [-0.39, 0.29) is 0 Å². The Bertz CT molecular complexity index is 206. The Kier molecular flexibility index (Phi) is 1.72. The van der Waals surface area contributed by atoms with Crippen molar-refractivity contribution in [3.05, 3.63) is 0 Å². The molecule has 3 aliphatic rings. The van der Waals surface area contributed by atoms with E-state index in [2.05, 4.69) is 4.90 Å². The van der Waals surface area contributed by atoms with Crippen molar-refractivity contribution in [2.75, 3.05) is 19.6 Å². The molecule has 0 radical (unpaired) electrons. The van der Waals surface area contributed by atoms with E-state index in [4.69, 9.17) is 5.73 Å². The van der Waals surface area contributed by atoms with E-state index in [9.17, 15) is 0 Å². The van der Waals surface area contributed by atoms with Crippen LogP contribution < -0.4 is 5.73 Å². The molecule has 1 aliphatic heterocycles. The summed E-state index contributed by atoms with van der Waals surface area (Å²) in [6, 6.07) is 0.736. The fourth-order valence-corrected chi connectivity index (χ4v) is 2.96. The van der Waals surface area contributed by atoms with Crippen LogP contribution in [-0.2, 0) is 0 Å². The number of rotatable bonds is 3. The van der Waals surface area contributed by atoms with Gasteiger partial charge in [0.25, 0.3) is 0 Å². The first kappa shape index (κ1) is 8.25. The van der Waals surface area contributed by atoms with Crippen LogP contribution in [0.15, 0.2) is 0 Å². The van der Waals surface area contributed by atoms with Gasteiger partial charge in [0.1, 0.15) is 0 Å².